The number of nitrogens with zero attached hydrogens (tertiary/aromatic N) is 3. The standard InChI is InChI=1S/C10H10N4OS/c1-6-5-12-10(16-6)14-9(15)8-3-4-11-7(2)13-8/h3-5H,1-2H3,(H,12,14,15). The maximum absolute atomic E-state index is 11.7. The van der Waals surface area contributed by atoms with Gasteiger partial charge in [0.2, 0.25) is 0 Å². The quantitative estimate of drug-likeness (QED) is 0.860. The maximum Gasteiger partial charge on any atom is 0.276 e. The number of amides is 1. The summed E-state index contributed by atoms with van der Waals surface area (Å²) in [6.07, 6.45) is 3.27. The van der Waals surface area contributed by atoms with Gasteiger partial charge in [-0.25, -0.2) is 15.0 Å². The number of carbonyl (C=O) groups is 1. The Bertz CT molecular complexity index is 523. The fraction of sp³-hybridized carbons (Fsp3) is 0.200. The summed E-state index contributed by atoms with van der Waals surface area (Å²) in [5.41, 5.74) is 0.348. The van der Waals surface area contributed by atoms with Gasteiger partial charge in [-0.05, 0) is 19.9 Å². The Morgan fingerprint density at radius 1 is 1.38 bits per heavy atom. The van der Waals surface area contributed by atoms with Crippen molar-refractivity contribution in [2.24, 2.45) is 0 Å². The molecule has 0 aliphatic rings. The molecule has 1 amide bonds. The van der Waals surface area contributed by atoms with E-state index >= 15 is 0 Å². The topological polar surface area (TPSA) is 67.8 Å². The van der Waals surface area contributed by atoms with Crippen molar-refractivity contribution in [2.45, 2.75) is 13.8 Å². The predicted molar refractivity (Wildman–Crippen MR) is 61.6 cm³/mol. The second-order valence-corrected chi connectivity index (χ2v) is 4.45. The second-order valence-electron chi connectivity index (χ2n) is 3.22. The molecule has 16 heavy (non-hydrogen) atoms. The summed E-state index contributed by atoms with van der Waals surface area (Å²) >= 11 is 1.43. The SMILES string of the molecule is Cc1nccc(C(=O)Nc2ncc(C)s2)n1. The van der Waals surface area contributed by atoms with Gasteiger partial charge in [0.1, 0.15) is 11.5 Å². The van der Waals surface area contributed by atoms with Crippen LogP contribution < -0.4 is 5.32 Å². The van der Waals surface area contributed by atoms with Crippen LogP contribution >= 0.6 is 11.3 Å². The van der Waals surface area contributed by atoms with Gasteiger partial charge >= 0.3 is 0 Å². The average Bonchev–Trinajstić information content (AvgIpc) is 2.64. The Labute approximate surface area is 96.6 Å². The van der Waals surface area contributed by atoms with Crippen LogP contribution in [0.2, 0.25) is 0 Å². The van der Waals surface area contributed by atoms with Crippen LogP contribution in [0.25, 0.3) is 0 Å². The first-order valence-electron chi connectivity index (χ1n) is 4.68. The molecule has 0 saturated carbocycles. The summed E-state index contributed by atoms with van der Waals surface area (Å²) in [5, 5.41) is 3.27. The zero-order chi connectivity index (χ0) is 11.5. The van der Waals surface area contributed by atoms with Crippen molar-refractivity contribution < 1.29 is 4.79 Å². The van der Waals surface area contributed by atoms with E-state index in [9.17, 15) is 4.79 Å². The molecule has 0 aliphatic carbocycles. The highest BCUT2D eigenvalue weighted by Crippen LogP contribution is 2.16. The van der Waals surface area contributed by atoms with Gasteiger partial charge in [-0.15, -0.1) is 11.3 Å². The van der Waals surface area contributed by atoms with Crippen molar-refractivity contribution in [3.05, 3.63) is 34.9 Å². The number of anilines is 1. The van der Waals surface area contributed by atoms with Crippen LogP contribution in [0.15, 0.2) is 18.5 Å². The molecule has 1 N–H and O–H groups in total. The number of aryl methyl sites for hydroxylation is 2. The van der Waals surface area contributed by atoms with E-state index in [1.165, 1.54) is 11.3 Å². The lowest BCUT2D eigenvalue weighted by atomic mass is 10.4. The molecule has 0 radical (unpaired) electrons. The van der Waals surface area contributed by atoms with Crippen molar-refractivity contribution >= 4 is 22.4 Å². The molecule has 2 aromatic rings. The summed E-state index contributed by atoms with van der Waals surface area (Å²) in [5.74, 6) is 0.308. The first-order valence-corrected chi connectivity index (χ1v) is 5.50. The second kappa shape index (κ2) is 4.36. The Kier molecular flexibility index (Phi) is 2.91. The first kappa shape index (κ1) is 10.7. The fourth-order valence-electron chi connectivity index (χ4n) is 1.16. The number of hydrogen-bond acceptors (Lipinski definition) is 5. The molecule has 82 valence electrons. The number of carbonyl (C=O) groups excluding carboxylic acids is 1. The summed E-state index contributed by atoms with van der Waals surface area (Å²) < 4.78 is 0. The molecular formula is C10H10N4OS. The van der Waals surface area contributed by atoms with Gasteiger partial charge in [-0.2, -0.15) is 0 Å². The largest absolute Gasteiger partial charge is 0.296 e. The van der Waals surface area contributed by atoms with Gasteiger partial charge < -0.3 is 0 Å². The third-order valence-electron chi connectivity index (χ3n) is 1.85. The molecule has 0 bridgehead atoms. The molecule has 0 saturated heterocycles. The van der Waals surface area contributed by atoms with Crippen molar-refractivity contribution in [1.82, 2.24) is 15.0 Å². The maximum atomic E-state index is 11.7. The minimum Gasteiger partial charge on any atom is -0.296 e. The number of nitrogens with one attached hydrogen (secondary N) is 1. The first-order chi connectivity index (χ1) is 7.65. The summed E-state index contributed by atoms with van der Waals surface area (Å²) in [6, 6.07) is 1.57. The number of aromatic nitrogens is 3. The lowest BCUT2D eigenvalue weighted by Gasteiger charge is -2.00. The van der Waals surface area contributed by atoms with E-state index in [4.69, 9.17) is 0 Å². The highest BCUT2D eigenvalue weighted by Gasteiger charge is 2.09. The van der Waals surface area contributed by atoms with Crippen molar-refractivity contribution in [2.75, 3.05) is 5.32 Å². The third kappa shape index (κ3) is 2.40. The van der Waals surface area contributed by atoms with Crippen LogP contribution in [0.4, 0.5) is 5.13 Å². The number of thiazole rings is 1. The van der Waals surface area contributed by atoms with Gasteiger partial charge in [0.25, 0.3) is 5.91 Å². The lowest BCUT2D eigenvalue weighted by molar-refractivity contribution is 0.102. The van der Waals surface area contributed by atoms with Crippen LogP contribution in [-0.4, -0.2) is 20.9 Å². The van der Waals surface area contributed by atoms with Gasteiger partial charge in [-0.3, -0.25) is 10.1 Å². The zero-order valence-corrected chi connectivity index (χ0v) is 9.71. The lowest BCUT2D eigenvalue weighted by Crippen LogP contribution is -2.14. The monoisotopic (exact) mass is 234 g/mol. The average molecular weight is 234 g/mol. The van der Waals surface area contributed by atoms with Gasteiger partial charge in [0, 0.05) is 17.3 Å². The van der Waals surface area contributed by atoms with Gasteiger partial charge in [-0.1, -0.05) is 0 Å². The van der Waals surface area contributed by atoms with E-state index in [1.807, 2.05) is 6.92 Å². The number of rotatable bonds is 2. The molecule has 0 fully saturated rings. The van der Waals surface area contributed by atoms with Crippen molar-refractivity contribution in [1.29, 1.82) is 0 Å². The van der Waals surface area contributed by atoms with Crippen LogP contribution in [0.5, 0.6) is 0 Å². The predicted octanol–water partition coefficient (Wildman–Crippen LogP) is 1.80. The van der Waals surface area contributed by atoms with E-state index in [-0.39, 0.29) is 5.91 Å². The molecule has 2 heterocycles. The Morgan fingerprint density at radius 3 is 2.81 bits per heavy atom. The molecule has 0 aliphatic heterocycles. The molecule has 2 aromatic heterocycles. The van der Waals surface area contributed by atoms with E-state index in [0.29, 0.717) is 16.6 Å². The molecule has 0 aromatic carbocycles. The van der Waals surface area contributed by atoms with Crippen LogP contribution in [0.3, 0.4) is 0 Å². The summed E-state index contributed by atoms with van der Waals surface area (Å²) in [7, 11) is 0. The Hall–Kier alpha value is -1.82. The minimum atomic E-state index is -0.264. The smallest absolute Gasteiger partial charge is 0.276 e. The normalized spacial score (nSPS) is 10.1. The van der Waals surface area contributed by atoms with E-state index in [1.54, 1.807) is 25.4 Å². The highest BCUT2D eigenvalue weighted by molar-refractivity contribution is 7.15. The van der Waals surface area contributed by atoms with Crippen molar-refractivity contribution in [3.8, 4) is 0 Å². The van der Waals surface area contributed by atoms with E-state index in [0.717, 1.165) is 4.88 Å². The molecular weight excluding hydrogens is 224 g/mol. The fourth-order valence-corrected chi connectivity index (χ4v) is 1.82. The van der Waals surface area contributed by atoms with E-state index < -0.39 is 0 Å². The summed E-state index contributed by atoms with van der Waals surface area (Å²) in [6.45, 7) is 3.67. The highest BCUT2D eigenvalue weighted by atomic mass is 32.1. The summed E-state index contributed by atoms with van der Waals surface area (Å²) in [4.78, 5) is 24.8. The molecule has 0 unspecified atom stereocenters. The molecule has 0 spiro atoms. The molecule has 6 heteroatoms. The molecule has 0 atom stereocenters. The van der Waals surface area contributed by atoms with Crippen LogP contribution in [-0.2, 0) is 0 Å². The zero-order valence-electron chi connectivity index (χ0n) is 8.89. The Balaban J connectivity index is 2.14. The Morgan fingerprint density at radius 2 is 2.19 bits per heavy atom. The van der Waals surface area contributed by atoms with Crippen molar-refractivity contribution in [3.63, 3.8) is 0 Å². The van der Waals surface area contributed by atoms with Crippen LogP contribution in [0, 0.1) is 13.8 Å². The van der Waals surface area contributed by atoms with Crippen LogP contribution in [0.1, 0.15) is 21.2 Å². The molecule has 2 rings (SSSR count). The van der Waals surface area contributed by atoms with Gasteiger partial charge in [0.05, 0.1) is 0 Å². The molecule has 5 nitrogen and oxygen atoms in total. The van der Waals surface area contributed by atoms with Gasteiger partial charge in [0.15, 0.2) is 5.13 Å². The minimum absolute atomic E-state index is 0.264. The van der Waals surface area contributed by atoms with E-state index in [2.05, 4.69) is 20.3 Å². The third-order valence-corrected chi connectivity index (χ3v) is 2.68. The number of hydrogen-bond donors (Lipinski definition) is 1.